The van der Waals surface area contributed by atoms with Crippen molar-refractivity contribution >= 4 is 27.5 Å². The summed E-state index contributed by atoms with van der Waals surface area (Å²) < 4.78 is 25.5. The summed E-state index contributed by atoms with van der Waals surface area (Å²) in [5.74, 6) is 0.318. The zero-order valence-electron chi connectivity index (χ0n) is 13.1. The molecule has 1 atom stereocenters. The molecular weight excluding hydrogens is 324 g/mol. The minimum atomic E-state index is -3.42. The van der Waals surface area contributed by atoms with Crippen LogP contribution in [-0.4, -0.2) is 27.1 Å². The molecule has 0 heterocycles. The van der Waals surface area contributed by atoms with E-state index >= 15 is 0 Å². The van der Waals surface area contributed by atoms with Gasteiger partial charge in [0.15, 0.2) is 0 Å². The van der Waals surface area contributed by atoms with Crippen molar-refractivity contribution in [1.82, 2.24) is 10.0 Å². The second kappa shape index (κ2) is 8.50. The molecule has 0 bridgehead atoms. The summed E-state index contributed by atoms with van der Waals surface area (Å²) in [6.07, 6.45) is 2.01. The Hall–Kier alpha value is -1.11. The lowest BCUT2D eigenvalue weighted by Crippen LogP contribution is -2.33. The summed E-state index contributed by atoms with van der Waals surface area (Å²) in [7, 11) is -3.42. The topological polar surface area (TPSA) is 75.3 Å². The molecule has 0 fully saturated rings. The smallest absolute Gasteiger partial charge is 0.221 e. The maximum atomic E-state index is 12.0. The van der Waals surface area contributed by atoms with Crippen LogP contribution in [-0.2, 0) is 14.8 Å². The molecule has 0 spiro atoms. The standard InChI is InChI=1S/C15H23ClN2O3S/c1-11(2)8-9-17-15(19)10-14(18-22(3,20)21)12-4-6-13(16)7-5-12/h4-7,11,14,18H,8-10H2,1-3H3,(H,17,19)/t14-/m1/s1. The lowest BCUT2D eigenvalue weighted by molar-refractivity contribution is -0.121. The number of hydrogen-bond acceptors (Lipinski definition) is 3. The highest BCUT2D eigenvalue weighted by Crippen LogP contribution is 2.20. The largest absolute Gasteiger partial charge is 0.356 e. The van der Waals surface area contributed by atoms with E-state index in [9.17, 15) is 13.2 Å². The predicted octanol–water partition coefficient (Wildman–Crippen LogP) is 2.48. The third kappa shape index (κ3) is 7.77. The van der Waals surface area contributed by atoms with E-state index in [2.05, 4.69) is 23.9 Å². The van der Waals surface area contributed by atoms with Crippen LogP contribution < -0.4 is 10.0 Å². The Labute approximate surface area is 137 Å². The quantitative estimate of drug-likeness (QED) is 0.759. The van der Waals surface area contributed by atoms with Crippen LogP contribution in [0.3, 0.4) is 0 Å². The van der Waals surface area contributed by atoms with Gasteiger partial charge in [-0.15, -0.1) is 0 Å². The Balaban J connectivity index is 2.74. The zero-order chi connectivity index (χ0) is 16.8. The van der Waals surface area contributed by atoms with Gasteiger partial charge in [0.05, 0.1) is 12.3 Å². The SMILES string of the molecule is CC(C)CCNC(=O)C[C@@H](NS(C)(=O)=O)c1ccc(Cl)cc1. The van der Waals surface area contributed by atoms with E-state index in [1.807, 2.05) is 0 Å². The number of carbonyl (C=O) groups excluding carboxylic acids is 1. The van der Waals surface area contributed by atoms with E-state index < -0.39 is 16.1 Å². The Kier molecular flexibility index (Phi) is 7.32. The van der Waals surface area contributed by atoms with Gasteiger partial charge in [0.25, 0.3) is 0 Å². The molecule has 2 N–H and O–H groups in total. The first-order chi connectivity index (χ1) is 10.2. The highest BCUT2D eigenvalue weighted by atomic mass is 35.5. The minimum Gasteiger partial charge on any atom is -0.356 e. The average Bonchev–Trinajstić information content (AvgIpc) is 2.36. The van der Waals surface area contributed by atoms with Crippen molar-refractivity contribution in [3.63, 3.8) is 0 Å². The molecule has 0 aliphatic rings. The van der Waals surface area contributed by atoms with Crippen molar-refractivity contribution in [3.8, 4) is 0 Å². The number of carbonyl (C=O) groups is 1. The molecule has 1 aromatic carbocycles. The van der Waals surface area contributed by atoms with Gasteiger partial charge in [0.1, 0.15) is 0 Å². The summed E-state index contributed by atoms with van der Waals surface area (Å²) in [5.41, 5.74) is 0.703. The lowest BCUT2D eigenvalue weighted by Gasteiger charge is -2.18. The van der Waals surface area contributed by atoms with Gasteiger partial charge in [0.2, 0.25) is 15.9 Å². The number of rotatable bonds is 8. The molecule has 0 unspecified atom stereocenters. The monoisotopic (exact) mass is 346 g/mol. The summed E-state index contributed by atoms with van der Waals surface area (Å²) in [5, 5.41) is 3.37. The Morgan fingerprint density at radius 1 is 1.23 bits per heavy atom. The highest BCUT2D eigenvalue weighted by molar-refractivity contribution is 7.88. The molecule has 5 nitrogen and oxygen atoms in total. The van der Waals surface area contributed by atoms with Crippen molar-refractivity contribution in [3.05, 3.63) is 34.9 Å². The Morgan fingerprint density at radius 3 is 2.32 bits per heavy atom. The van der Waals surface area contributed by atoms with Gasteiger partial charge in [-0.25, -0.2) is 13.1 Å². The van der Waals surface area contributed by atoms with E-state index in [0.717, 1.165) is 12.7 Å². The molecule has 1 amide bonds. The molecule has 0 saturated carbocycles. The molecular formula is C15H23ClN2O3S. The highest BCUT2D eigenvalue weighted by Gasteiger charge is 2.19. The van der Waals surface area contributed by atoms with Crippen molar-refractivity contribution in [1.29, 1.82) is 0 Å². The van der Waals surface area contributed by atoms with Gasteiger partial charge >= 0.3 is 0 Å². The van der Waals surface area contributed by atoms with Crippen molar-refractivity contribution in [2.45, 2.75) is 32.7 Å². The molecule has 0 aliphatic carbocycles. The fourth-order valence-corrected chi connectivity index (χ4v) is 2.80. The molecule has 0 saturated heterocycles. The maximum Gasteiger partial charge on any atom is 0.221 e. The second-order valence-corrected chi connectivity index (χ2v) is 7.95. The van der Waals surface area contributed by atoms with Crippen LogP contribution in [0.5, 0.6) is 0 Å². The van der Waals surface area contributed by atoms with E-state index in [4.69, 9.17) is 11.6 Å². The molecule has 1 rings (SSSR count). The van der Waals surface area contributed by atoms with Crippen LogP contribution in [0.1, 0.15) is 38.3 Å². The van der Waals surface area contributed by atoms with Gasteiger partial charge < -0.3 is 5.32 Å². The van der Waals surface area contributed by atoms with Crippen molar-refractivity contribution < 1.29 is 13.2 Å². The van der Waals surface area contributed by atoms with E-state index in [0.29, 0.717) is 23.0 Å². The van der Waals surface area contributed by atoms with Crippen molar-refractivity contribution in [2.24, 2.45) is 5.92 Å². The number of hydrogen-bond donors (Lipinski definition) is 2. The van der Waals surface area contributed by atoms with Crippen LogP contribution in [0.25, 0.3) is 0 Å². The van der Waals surface area contributed by atoms with Gasteiger partial charge in [-0.1, -0.05) is 37.6 Å². The molecule has 124 valence electrons. The second-order valence-electron chi connectivity index (χ2n) is 5.73. The normalized spacial score (nSPS) is 13.1. The first-order valence-corrected chi connectivity index (χ1v) is 9.44. The first kappa shape index (κ1) is 18.9. The van der Waals surface area contributed by atoms with Gasteiger partial charge in [-0.2, -0.15) is 0 Å². The first-order valence-electron chi connectivity index (χ1n) is 7.17. The number of nitrogens with one attached hydrogen (secondary N) is 2. The Bertz CT molecular complexity index is 585. The van der Waals surface area contributed by atoms with E-state index in [-0.39, 0.29) is 12.3 Å². The number of halogens is 1. The summed E-state index contributed by atoms with van der Waals surface area (Å²) in [6, 6.07) is 6.17. The molecule has 0 radical (unpaired) electrons. The Morgan fingerprint density at radius 2 is 1.82 bits per heavy atom. The molecule has 1 aromatic rings. The molecule has 22 heavy (non-hydrogen) atoms. The van der Waals surface area contributed by atoms with Crippen LogP contribution >= 0.6 is 11.6 Å². The van der Waals surface area contributed by atoms with Crippen LogP contribution in [0.15, 0.2) is 24.3 Å². The zero-order valence-corrected chi connectivity index (χ0v) is 14.7. The van der Waals surface area contributed by atoms with Crippen LogP contribution in [0.4, 0.5) is 0 Å². The summed E-state index contributed by atoms with van der Waals surface area (Å²) in [4.78, 5) is 12.0. The predicted molar refractivity (Wildman–Crippen MR) is 89.3 cm³/mol. The van der Waals surface area contributed by atoms with Crippen molar-refractivity contribution in [2.75, 3.05) is 12.8 Å². The van der Waals surface area contributed by atoms with Crippen LogP contribution in [0.2, 0.25) is 5.02 Å². The molecule has 0 aliphatic heterocycles. The third-order valence-electron chi connectivity index (χ3n) is 3.06. The van der Waals surface area contributed by atoms with Gasteiger partial charge in [-0.3, -0.25) is 4.79 Å². The van der Waals surface area contributed by atoms with Crippen LogP contribution in [0, 0.1) is 5.92 Å². The molecule has 7 heteroatoms. The summed E-state index contributed by atoms with van der Waals surface area (Å²) in [6.45, 7) is 4.74. The number of amides is 1. The van der Waals surface area contributed by atoms with E-state index in [1.54, 1.807) is 24.3 Å². The van der Waals surface area contributed by atoms with Gasteiger partial charge in [-0.05, 0) is 30.0 Å². The number of benzene rings is 1. The lowest BCUT2D eigenvalue weighted by atomic mass is 10.0. The number of sulfonamides is 1. The van der Waals surface area contributed by atoms with Gasteiger partial charge in [0, 0.05) is 18.0 Å². The average molecular weight is 347 g/mol. The van der Waals surface area contributed by atoms with E-state index in [1.165, 1.54) is 0 Å². The molecule has 0 aromatic heterocycles. The minimum absolute atomic E-state index is 0.0484. The fraction of sp³-hybridized carbons (Fsp3) is 0.533. The fourth-order valence-electron chi connectivity index (χ4n) is 1.94. The maximum absolute atomic E-state index is 12.0. The third-order valence-corrected chi connectivity index (χ3v) is 4.03. The summed E-state index contributed by atoms with van der Waals surface area (Å²) >= 11 is 5.84.